The normalized spacial score (nSPS) is 10.0. The molecule has 21 heavy (non-hydrogen) atoms. The lowest BCUT2D eigenvalue weighted by Crippen LogP contribution is -2.32. The van der Waals surface area contributed by atoms with Gasteiger partial charge >= 0.3 is 0 Å². The molecule has 0 radical (unpaired) electrons. The van der Waals surface area contributed by atoms with E-state index in [4.69, 9.17) is 0 Å². The number of nitrogens with zero attached hydrogens (tertiary/aromatic N) is 1. The van der Waals surface area contributed by atoms with E-state index in [9.17, 15) is 14.4 Å². The van der Waals surface area contributed by atoms with Crippen molar-refractivity contribution >= 4 is 23.3 Å². The fourth-order valence-electron chi connectivity index (χ4n) is 1.97. The predicted octanol–water partition coefficient (Wildman–Crippen LogP) is 2.48. The average Bonchev–Trinajstić information content (AvgIpc) is 2.43. The third kappa shape index (κ3) is 5.77. The van der Waals surface area contributed by atoms with Gasteiger partial charge in [0, 0.05) is 37.7 Å². The molecular weight excluding hydrogens is 268 g/mol. The zero-order valence-electron chi connectivity index (χ0n) is 12.8. The molecule has 0 fully saturated rings. The second-order valence-electron chi connectivity index (χ2n) is 4.94. The van der Waals surface area contributed by atoms with Gasteiger partial charge in [0.1, 0.15) is 0 Å². The van der Waals surface area contributed by atoms with Gasteiger partial charge in [0.05, 0.1) is 0 Å². The van der Waals surface area contributed by atoms with Crippen LogP contribution in [0.1, 0.15) is 44.0 Å². The molecule has 0 unspecified atom stereocenters. The third-order valence-corrected chi connectivity index (χ3v) is 3.10. The summed E-state index contributed by atoms with van der Waals surface area (Å²) in [6.45, 7) is 6.04. The van der Waals surface area contributed by atoms with E-state index in [0.29, 0.717) is 24.3 Å². The number of hydrogen-bond acceptors (Lipinski definition) is 3. The summed E-state index contributed by atoms with van der Waals surface area (Å²) in [7, 11) is 0. The summed E-state index contributed by atoms with van der Waals surface area (Å²) in [5.41, 5.74) is 1.15. The number of ketones is 1. The summed E-state index contributed by atoms with van der Waals surface area (Å²) >= 11 is 0. The standard InChI is InChI=1S/C16H22N2O3/c1-4-9-18(13(3)20)10-8-16(21)17-15-7-5-6-14(11-15)12(2)19/h5-7,11H,4,8-10H2,1-3H3,(H,17,21). The molecule has 5 heteroatoms. The van der Waals surface area contributed by atoms with Crippen molar-refractivity contribution in [1.29, 1.82) is 0 Å². The Morgan fingerprint density at radius 1 is 1.14 bits per heavy atom. The highest BCUT2D eigenvalue weighted by Gasteiger charge is 2.10. The highest BCUT2D eigenvalue weighted by molar-refractivity contribution is 5.97. The van der Waals surface area contributed by atoms with Gasteiger partial charge in [-0.2, -0.15) is 0 Å². The molecule has 1 aromatic carbocycles. The number of hydrogen-bond donors (Lipinski definition) is 1. The first-order valence-electron chi connectivity index (χ1n) is 7.10. The van der Waals surface area contributed by atoms with Crippen LogP contribution in [0.25, 0.3) is 0 Å². The number of amides is 2. The number of Topliss-reactive ketones (excluding diaryl/α,β-unsaturated/α-hetero) is 1. The molecule has 0 spiro atoms. The van der Waals surface area contributed by atoms with Crippen molar-refractivity contribution in [2.75, 3.05) is 18.4 Å². The first-order chi connectivity index (χ1) is 9.93. The van der Waals surface area contributed by atoms with Crippen LogP contribution in [0.2, 0.25) is 0 Å². The molecule has 1 rings (SSSR count). The van der Waals surface area contributed by atoms with Crippen molar-refractivity contribution < 1.29 is 14.4 Å². The number of nitrogens with one attached hydrogen (secondary N) is 1. The topological polar surface area (TPSA) is 66.5 Å². The molecule has 0 aromatic heterocycles. The maximum Gasteiger partial charge on any atom is 0.226 e. The summed E-state index contributed by atoms with van der Waals surface area (Å²) in [5, 5.41) is 2.74. The van der Waals surface area contributed by atoms with Crippen molar-refractivity contribution in [3.05, 3.63) is 29.8 Å². The average molecular weight is 290 g/mol. The van der Waals surface area contributed by atoms with Gasteiger partial charge in [-0.1, -0.05) is 19.1 Å². The summed E-state index contributed by atoms with van der Waals surface area (Å²) in [6.07, 6.45) is 1.10. The summed E-state index contributed by atoms with van der Waals surface area (Å²) < 4.78 is 0. The maximum atomic E-state index is 11.9. The number of benzene rings is 1. The Morgan fingerprint density at radius 2 is 1.86 bits per heavy atom. The Morgan fingerprint density at radius 3 is 2.43 bits per heavy atom. The fraction of sp³-hybridized carbons (Fsp3) is 0.438. The Hall–Kier alpha value is -2.17. The van der Waals surface area contributed by atoms with E-state index in [1.54, 1.807) is 29.2 Å². The van der Waals surface area contributed by atoms with Crippen molar-refractivity contribution in [3.8, 4) is 0 Å². The van der Waals surface area contributed by atoms with Gasteiger partial charge in [0.25, 0.3) is 0 Å². The quantitative estimate of drug-likeness (QED) is 0.784. The Bertz CT molecular complexity index is 526. The lowest BCUT2D eigenvalue weighted by Gasteiger charge is -2.19. The molecule has 5 nitrogen and oxygen atoms in total. The summed E-state index contributed by atoms with van der Waals surface area (Å²) in [6, 6.07) is 6.82. The van der Waals surface area contributed by atoms with Crippen molar-refractivity contribution in [3.63, 3.8) is 0 Å². The molecule has 2 amide bonds. The molecule has 0 bridgehead atoms. The Kier molecular flexibility index (Phi) is 6.59. The summed E-state index contributed by atoms with van der Waals surface area (Å²) in [4.78, 5) is 36.2. The van der Waals surface area contributed by atoms with E-state index in [2.05, 4.69) is 5.32 Å². The molecule has 114 valence electrons. The monoisotopic (exact) mass is 290 g/mol. The highest BCUT2D eigenvalue weighted by Crippen LogP contribution is 2.11. The van der Waals surface area contributed by atoms with Crippen LogP contribution < -0.4 is 5.32 Å². The van der Waals surface area contributed by atoms with Gasteiger partial charge in [-0.15, -0.1) is 0 Å². The van der Waals surface area contributed by atoms with Gasteiger partial charge in [-0.25, -0.2) is 0 Å². The third-order valence-electron chi connectivity index (χ3n) is 3.10. The molecule has 0 aliphatic heterocycles. The molecule has 0 heterocycles. The first kappa shape index (κ1) is 16.9. The van der Waals surface area contributed by atoms with Gasteiger partial charge in [0.2, 0.25) is 11.8 Å². The maximum absolute atomic E-state index is 11.9. The minimum atomic E-state index is -0.168. The number of carbonyl (C=O) groups is 3. The Labute approximate surface area is 125 Å². The van der Waals surface area contributed by atoms with E-state index in [1.165, 1.54) is 13.8 Å². The lowest BCUT2D eigenvalue weighted by atomic mass is 10.1. The van der Waals surface area contributed by atoms with E-state index < -0.39 is 0 Å². The van der Waals surface area contributed by atoms with Gasteiger partial charge in [0.15, 0.2) is 5.78 Å². The van der Waals surface area contributed by atoms with Crippen LogP contribution in [0.4, 0.5) is 5.69 Å². The molecule has 0 atom stereocenters. The minimum absolute atomic E-state index is 0.0248. The zero-order valence-corrected chi connectivity index (χ0v) is 12.8. The smallest absolute Gasteiger partial charge is 0.226 e. The van der Waals surface area contributed by atoms with Crippen LogP contribution in [0.3, 0.4) is 0 Å². The van der Waals surface area contributed by atoms with Crippen LogP contribution in [-0.4, -0.2) is 35.6 Å². The van der Waals surface area contributed by atoms with E-state index in [0.717, 1.165) is 6.42 Å². The molecule has 0 saturated carbocycles. The number of anilines is 1. The van der Waals surface area contributed by atoms with Crippen LogP contribution >= 0.6 is 0 Å². The van der Waals surface area contributed by atoms with E-state index >= 15 is 0 Å². The second kappa shape index (κ2) is 8.19. The van der Waals surface area contributed by atoms with Crippen LogP contribution in [0.5, 0.6) is 0 Å². The zero-order chi connectivity index (χ0) is 15.8. The summed E-state index contributed by atoms with van der Waals surface area (Å²) in [5.74, 6) is -0.238. The van der Waals surface area contributed by atoms with Gasteiger partial charge < -0.3 is 10.2 Å². The molecular formula is C16H22N2O3. The van der Waals surface area contributed by atoms with E-state index in [1.807, 2.05) is 6.92 Å². The van der Waals surface area contributed by atoms with E-state index in [-0.39, 0.29) is 24.0 Å². The van der Waals surface area contributed by atoms with Crippen molar-refractivity contribution in [1.82, 2.24) is 4.90 Å². The van der Waals surface area contributed by atoms with Crippen LogP contribution in [0, 0.1) is 0 Å². The van der Waals surface area contributed by atoms with Gasteiger partial charge in [-0.05, 0) is 25.5 Å². The Balaban J connectivity index is 2.55. The fourth-order valence-corrected chi connectivity index (χ4v) is 1.97. The highest BCUT2D eigenvalue weighted by atomic mass is 16.2. The van der Waals surface area contributed by atoms with Crippen LogP contribution in [0.15, 0.2) is 24.3 Å². The molecule has 1 N–H and O–H groups in total. The van der Waals surface area contributed by atoms with Crippen molar-refractivity contribution in [2.45, 2.75) is 33.6 Å². The van der Waals surface area contributed by atoms with Crippen molar-refractivity contribution in [2.24, 2.45) is 0 Å². The van der Waals surface area contributed by atoms with Gasteiger partial charge in [-0.3, -0.25) is 14.4 Å². The molecule has 0 saturated heterocycles. The van der Waals surface area contributed by atoms with Crippen LogP contribution in [-0.2, 0) is 9.59 Å². The largest absolute Gasteiger partial charge is 0.342 e. The minimum Gasteiger partial charge on any atom is -0.342 e. The molecule has 0 aliphatic rings. The number of rotatable bonds is 7. The number of carbonyl (C=O) groups excluding carboxylic acids is 3. The molecule has 0 aliphatic carbocycles. The second-order valence-corrected chi connectivity index (χ2v) is 4.94. The first-order valence-corrected chi connectivity index (χ1v) is 7.10. The SMILES string of the molecule is CCCN(CCC(=O)Nc1cccc(C(C)=O)c1)C(C)=O. The lowest BCUT2D eigenvalue weighted by molar-refractivity contribution is -0.129. The predicted molar refractivity (Wildman–Crippen MR) is 82.2 cm³/mol. The molecule has 1 aromatic rings.